The summed E-state index contributed by atoms with van der Waals surface area (Å²) < 4.78 is 11.5. The van der Waals surface area contributed by atoms with Crippen molar-refractivity contribution in [1.82, 2.24) is 15.5 Å². The van der Waals surface area contributed by atoms with Gasteiger partial charge < -0.3 is 19.8 Å². The van der Waals surface area contributed by atoms with E-state index in [1.165, 1.54) is 4.88 Å². The molecule has 2 aromatic heterocycles. The average Bonchev–Trinajstić information content (AvgIpc) is 3.39. The number of morpholine rings is 1. The highest BCUT2D eigenvalue weighted by Crippen LogP contribution is 2.23. The summed E-state index contributed by atoms with van der Waals surface area (Å²) in [6.07, 6.45) is 0. The lowest BCUT2D eigenvalue weighted by molar-refractivity contribution is 0.0124. The van der Waals surface area contributed by atoms with E-state index in [0.717, 1.165) is 63.4 Å². The number of ether oxygens (including phenoxy) is 1. The van der Waals surface area contributed by atoms with Crippen molar-refractivity contribution < 1.29 is 9.15 Å². The Kier molecular flexibility index (Phi) is 7.94. The van der Waals surface area contributed by atoms with Gasteiger partial charge in [-0.15, -0.1) is 11.3 Å². The van der Waals surface area contributed by atoms with Crippen LogP contribution in [-0.2, 0) is 4.74 Å². The van der Waals surface area contributed by atoms with Gasteiger partial charge in [-0.05, 0) is 37.4 Å². The van der Waals surface area contributed by atoms with Crippen LogP contribution in [-0.4, -0.2) is 56.8 Å². The van der Waals surface area contributed by atoms with Crippen molar-refractivity contribution in [2.45, 2.75) is 32.7 Å². The van der Waals surface area contributed by atoms with Gasteiger partial charge in [0, 0.05) is 37.0 Å². The number of furan rings is 1. The Bertz CT molecular complexity index is 723. The molecule has 3 heterocycles. The van der Waals surface area contributed by atoms with Crippen LogP contribution in [0, 0.1) is 6.92 Å². The molecule has 0 amide bonds. The summed E-state index contributed by atoms with van der Waals surface area (Å²) in [5.74, 6) is 3.21. The first-order chi connectivity index (χ1) is 13.7. The van der Waals surface area contributed by atoms with Gasteiger partial charge in [0.2, 0.25) is 0 Å². The van der Waals surface area contributed by atoms with Gasteiger partial charge in [-0.25, -0.2) is 0 Å². The number of nitrogens with zero attached hydrogens (tertiary/aromatic N) is 2. The molecule has 3 rings (SSSR count). The van der Waals surface area contributed by atoms with Crippen molar-refractivity contribution in [3.05, 3.63) is 46.0 Å². The van der Waals surface area contributed by atoms with E-state index in [4.69, 9.17) is 14.1 Å². The van der Waals surface area contributed by atoms with E-state index in [2.05, 4.69) is 53.0 Å². The van der Waals surface area contributed by atoms with Crippen LogP contribution in [0.15, 0.2) is 39.1 Å². The maximum atomic E-state index is 5.96. The third-order valence-corrected chi connectivity index (χ3v) is 6.04. The number of thiophene rings is 1. The van der Waals surface area contributed by atoms with E-state index < -0.39 is 0 Å². The minimum Gasteiger partial charge on any atom is -0.465 e. The Labute approximate surface area is 172 Å². The summed E-state index contributed by atoms with van der Waals surface area (Å²) in [4.78, 5) is 8.61. The maximum absolute atomic E-state index is 5.96. The van der Waals surface area contributed by atoms with Crippen LogP contribution >= 0.6 is 11.3 Å². The Hall–Kier alpha value is -1.83. The van der Waals surface area contributed by atoms with Crippen LogP contribution < -0.4 is 10.6 Å². The Morgan fingerprint density at radius 3 is 2.71 bits per heavy atom. The number of aryl methyl sites for hydroxylation is 1. The minimum absolute atomic E-state index is 0.163. The zero-order valence-corrected chi connectivity index (χ0v) is 17.9. The zero-order valence-electron chi connectivity index (χ0n) is 17.1. The molecule has 1 saturated heterocycles. The molecule has 2 aromatic rings. The number of guanidine groups is 1. The molecule has 28 heavy (non-hydrogen) atoms. The standard InChI is InChI=1S/C21H32N4O2S/c1-4-22-21(23-14-16(2)20-6-5-13-28-20)24-15-18(19-8-7-17(3)27-19)25-9-11-26-12-10-25/h5-8,13,16,18H,4,9-12,14-15H2,1-3H3,(H2,22,23,24). The highest BCUT2D eigenvalue weighted by molar-refractivity contribution is 7.10. The van der Waals surface area contributed by atoms with Crippen molar-refractivity contribution in [3.8, 4) is 0 Å². The van der Waals surface area contributed by atoms with Crippen LogP contribution in [0.2, 0.25) is 0 Å². The normalized spacial score (nSPS) is 18.0. The second-order valence-electron chi connectivity index (χ2n) is 7.13. The van der Waals surface area contributed by atoms with E-state index >= 15 is 0 Å². The SMILES string of the molecule is CCNC(=NCC(C)c1cccs1)NCC(c1ccc(C)o1)N1CCOCC1. The van der Waals surface area contributed by atoms with Gasteiger partial charge in [0.1, 0.15) is 11.5 Å². The zero-order chi connectivity index (χ0) is 19.8. The van der Waals surface area contributed by atoms with Crippen molar-refractivity contribution in [2.75, 3.05) is 45.9 Å². The average molecular weight is 405 g/mol. The molecule has 2 N–H and O–H groups in total. The van der Waals surface area contributed by atoms with Crippen LogP contribution in [0.5, 0.6) is 0 Å². The van der Waals surface area contributed by atoms with Gasteiger partial charge in [-0.1, -0.05) is 13.0 Å². The fourth-order valence-corrected chi connectivity index (χ4v) is 4.13. The second kappa shape index (κ2) is 10.6. The molecule has 0 spiro atoms. The molecule has 2 unspecified atom stereocenters. The highest BCUT2D eigenvalue weighted by Gasteiger charge is 2.25. The largest absolute Gasteiger partial charge is 0.465 e. The summed E-state index contributed by atoms with van der Waals surface area (Å²) in [5, 5.41) is 9.02. The fraction of sp³-hybridized carbons (Fsp3) is 0.571. The van der Waals surface area contributed by atoms with Crippen LogP contribution in [0.1, 0.15) is 42.2 Å². The predicted molar refractivity (Wildman–Crippen MR) is 115 cm³/mol. The van der Waals surface area contributed by atoms with Crippen molar-refractivity contribution in [2.24, 2.45) is 4.99 Å². The minimum atomic E-state index is 0.163. The van der Waals surface area contributed by atoms with E-state index in [9.17, 15) is 0 Å². The molecule has 2 atom stereocenters. The fourth-order valence-electron chi connectivity index (χ4n) is 3.36. The molecule has 0 saturated carbocycles. The number of rotatable bonds is 8. The lowest BCUT2D eigenvalue weighted by Crippen LogP contribution is -2.46. The van der Waals surface area contributed by atoms with Gasteiger partial charge in [0.15, 0.2) is 5.96 Å². The summed E-state index contributed by atoms with van der Waals surface area (Å²) in [7, 11) is 0. The molecule has 6 nitrogen and oxygen atoms in total. The third-order valence-electron chi connectivity index (χ3n) is 4.94. The molecule has 1 fully saturated rings. The Morgan fingerprint density at radius 1 is 1.25 bits per heavy atom. The van der Waals surface area contributed by atoms with Gasteiger partial charge in [0.05, 0.1) is 25.8 Å². The van der Waals surface area contributed by atoms with E-state index in [1.54, 1.807) is 11.3 Å². The van der Waals surface area contributed by atoms with E-state index in [-0.39, 0.29) is 6.04 Å². The van der Waals surface area contributed by atoms with Crippen molar-refractivity contribution >= 4 is 17.3 Å². The molecule has 1 aliphatic rings. The lowest BCUT2D eigenvalue weighted by atomic mass is 10.1. The van der Waals surface area contributed by atoms with Crippen molar-refractivity contribution in [3.63, 3.8) is 0 Å². The molecule has 0 aromatic carbocycles. The summed E-state index contributed by atoms with van der Waals surface area (Å²) in [6, 6.07) is 8.56. The Balaban J connectivity index is 1.65. The summed E-state index contributed by atoms with van der Waals surface area (Å²) in [6.45, 7) is 12.0. The number of nitrogens with one attached hydrogen (secondary N) is 2. The summed E-state index contributed by atoms with van der Waals surface area (Å²) in [5.41, 5.74) is 0. The monoisotopic (exact) mass is 404 g/mol. The topological polar surface area (TPSA) is 62.0 Å². The number of hydrogen-bond acceptors (Lipinski definition) is 5. The van der Waals surface area contributed by atoms with Gasteiger partial charge in [-0.3, -0.25) is 9.89 Å². The maximum Gasteiger partial charge on any atom is 0.191 e. The first-order valence-electron chi connectivity index (χ1n) is 10.1. The van der Waals surface area contributed by atoms with Crippen LogP contribution in [0.4, 0.5) is 0 Å². The number of hydrogen-bond donors (Lipinski definition) is 2. The van der Waals surface area contributed by atoms with E-state index in [1.807, 2.05) is 13.0 Å². The highest BCUT2D eigenvalue weighted by atomic mass is 32.1. The van der Waals surface area contributed by atoms with Gasteiger partial charge in [0.25, 0.3) is 0 Å². The van der Waals surface area contributed by atoms with Crippen LogP contribution in [0.3, 0.4) is 0 Å². The molecular weight excluding hydrogens is 372 g/mol. The first-order valence-corrected chi connectivity index (χ1v) is 11.0. The molecular formula is C21H32N4O2S. The van der Waals surface area contributed by atoms with E-state index in [0.29, 0.717) is 5.92 Å². The number of aliphatic imine (C=N–C) groups is 1. The van der Waals surface area contributed by atoms with Gasteiger partial charge >= 0.3 is 0 Å². The van der Waals surface area contributed by atoms with Gasteiger partial charge in [-0.2, -0.15) is 0 Å². The third kappa shape index (κ3) is 5.83. The van der Waals surface area contributed by atoms with Crippen LogP contribution in [0.25, 0.3) is 0 Å². The molecule has 0 aliphatic carbocycles. The molecule has 7 heteroatoms. The quantitative estimate of drug-likeness (QED) is 0.522. The smallest absolute Gasteiger partial charge is 0.191 e. The molecule has 154 valence electrons. The Morgan fingerprint density at radius 2 is 2.07 bits per heavy atom. The first kappa shape index (κ1) is 20.9. The predicted octanol–water partition coefficient (Wildman–Crippen LogP) is 3.38. The second-order valence-corrected chi connectivity index (χ2v) is 8.11. The molecule has 1 aliphatic heterocycles. The molecule has 0 radical (unpaired) electrons. The molecule has 0 bridgehead atoms. The lowest BCUT2D eigenvalue weighted by Gasteiger charge is -2.33. The summed E-state index contributed by atoms with van der Waals surface area (Å²) >= 11 is 1.79. The van der Waals surface area contributed by atoms with Crippen molar-refractivity contribution in [1.29, 1.82) is 0 Å².